The van der Waals surface area contributed by atoms with E-state index in [4.69, 9.17) is 23.7 Å². The number of ketones is 1. The van der Waals surface area contributed by atoms with Gasteiger partial charge in [-0.25, -0.2) is 4.79 Å². The summed E-state index contributed by atoms with van der Waals surface area (Å²) in [4.78, 5) is 25.2. The van der Waals surface area contributed by atoms with Gasteiger partial charge in [-0.15, -0.1) is 0 Å². The largest absolute Gasteiger partial charge is 0.493 e. The Labute approximate surface area is 206 Å². The third-order valence-corrected chi connectivity index (χ3v) is 5.38. The third kappa shape index (κ3) is 5.77. The molecule has 0 saturated carbocycles. The van der Waals surface area contributed by atoms with Crippen LogP contribution in [0.25, 0.3) is 6.08 Å². The number of methoxy groups -OCH3 is 4. The molecule has 3 aromatic rings. The van der Waals surface area contributed by atoms with Crippen LogP contribution in [0.2, 0.25) is 0 Å². The van der Waals surface area contributed by atoms with Crippen molar-refractivity contribution in [3.05, 3.63) is 81.8 Å². The SMILES string of the molecule is COc1cc(/C=C/C(=O)c2ccc(Br)cc2)ccc1OC(=O)c1cc(OC)c(OC)c(OC)c1. The zero-order chi connectivity index (χ0) is 24.7. The highest BCUT2D eigenvalue weighted by atomic mass is 79.9. The summed E-state index contributed by atoms with van der Waals surface area (Å²) in [7, 11) is 5.87. The Bertz CT molecular complexity index is 1190. The average Bonchev–Trinajstić information content (AvgIpc) is 2.87. The van der Waals surface area contributed by atoms with Crippen LogP contribution in [0, 0.1) is 0 Å². The normalized spacial score (nSPS) is 10.6. The lowest BCUT2D eigenvalue weighted by Crippen LogP contribution is -2.10. The standard InChI is InChI=1S/C26H23BrO7/c1-30-22-13-16(5-11-20(28)17-7-9-19(27)10-8-17)6-12-21(22)34-26(29)18-14-23(31-2)25(33-4)24(15-18)32-3/h5-15H,1-4H3/b11-5+. The van der Waals surface area contributed by atoms with Gasteiger partial charge < -0.3 is 23.7 Å². The third-order valence-electron chi connectivity index (χ3n) is 4.85. The number of ether oxygens (including phenoxy) is 5. The number of carbonyl (C=O) groups is 2. The minimum atomic E-state index is -0.633. The molecule has 0 saturated heterocycles. The van der Waals surface area contributed by atoms with Crippen molar-refractivity contribution in [3.8, 4) is 28.7 Å². The van der Waals surface area contributed by atoms with Gasteiger partial charge in [0.2, 0.25) is 5.75 Å². The molecule has 34 heavy (non-hydrogen) atoms. The minimum Gasteiger partial charge on any atom is -0.493 e. The summed E-state index contributed by atoms with van der Waals surface area (Å²) in [6.07, 6.45) is 3.14. The maximum Gasteiger partial charge on any atom is 0.343 e. The lowest BCUT2D eigenvalue weighted by atomic mass is 10.1. The van der Waals surface area contributed by atoms with Crippen LogP contribution in [0.1, 0.15) is 26.3 Å². The first kappa shape index (κ1) is 24.9. The average molecular weight is 527 g/mol. The van der Waals surface area contributed by atoms with E-state index in [0.717, 1.165) is 4.47 Å². The zero-order valence-electron chi connectivity index (χ0n) is 19.1. The van der Waals surface area contributed by atoms with Crippen molar-refractivity contribution in [2.45, 2.75) is 0 Å². The van der Waals surface area contributed by atoms with Crippen molar-refractivity contribution in [3.63, 3.8) is 0 Å². The lowest BCUT2D eigenvalue weighted by Gasteiger charge is -2.14. The Hall–Kier alpha value is -3.78. The van der Waals surface area contributed by atoms with Gasteiger partial charge in [-0.1, -0.05) is 28.1 Å². The molecule has 176 valence electrons. The first-order valence-electron chi connectivity index (χ1n) is 10.1. The van der Waals surface area contributed by atoms with Crippen LogP contribution in [-0.2, 0) is 0 Å². The van der Waals surface area contributed by atoms with Crippen LogP contribution in [0.15, 0.2) is 65.1 Å². The topological polar surface area (TPSA) is 80.3 Å². The van der Waals surface area contributed by atoms with Gasteiger partial charge in [0.15, 0.2) is 28.8 Å². The Balaban J connectivity index is 1.80. The van der Waals surface area contributed by atoms with Crippen LogP contribution in [0.5, 0.6) is 28.7 Å². The lowest BCUT2D eigenvalue weighted by molar-refractivity contribution is 0.0728. The highest BCUT2D eigenvalue weighted by Gasteiger charge is 2.19. The van der Waals surface area contributed by atoms with Gasteiger partial charge in [-0.2, -0.15) is 0 Å². The van der Waals surface area contributed by atoms with Gasteiger partial charge in [0.05, 0.1) is 34.0 Å². The van der Waals surface area contributed by atoms with Crippen LogP contribution in [-0.4, -0.2) is 40.2 Å². The van der Waals surface area contributed by atoms with E-state index in [1.807, 2.05) is 0 Å². The summed E-state index contributed by atoms with van der Waals surface area (Å²) in [6, 6.07) is 15.1. The van der Waals surface area contributed by atoms with Crippen LogP contribution >= 0.6 is 15.9 Å². The highest BCUT2D eigenvalue weighted by Crippen LogP contribution is 2.39. The summed E-state index contributed by atoms with van der Waals surface area (Å²) >= 11 is 3.35. The summed E-state index contributed by atoms with van der Waals surface area (Å²) in [5.41, 5.74) is 1.48. The predicted octanol–water partition coefficient (Wildman–Crippen LogP) is 5.60. The fourth-order valence-corrected chi connectivity index (χ4v) is 3.38. The summed E-state index contributed by atoms with van der Waals surface area (Å²) in [5.74, 6) is 0.814. The van der Waals surface area contributed by atoms with E-state index >= 15 is 0 Å². The van der Waals surface area contributed by atoms with E-state index in [1.165, 1.54) is 46.6 Å². The molecule has 0 amide bonds. The predicted molar refractivity (Wildman–Crippen MR) is 132 cm³/mol. The van der Waals surface area contributed by atoms with Gasteiger partial charge in [0.1, 0.15) is 0 Å². The second-order valence-electron chi connectivity index (χ2n) is 6.92. The Morgan fingerprint density at radius 1 is 0.706 bits per heavy atom. The van der Waals surface area contributed by atoms with Crippen molar-refractivity contribution in [1.29, 1.82) is 0 Å². The quantitative estimate of drug-likeness (QED) is 0.155. The molecule has 0 spiro atoms. The van der Waals surface area contributed by atoms with Crippen LogP contribution in [0.4, 0.5) is 0 Å². The van der Waals surface area contributed by atoms with Gasteiger partial charge in [-0.05, 0) is 60.2 Å². The molecule has 0 unspecified atom stereocenters. The number of rotatable bonds is 9. The van der Waals surface area contributed by atoms with E-state index in [-0.39, 0.29) is 17.1 Å². The number of halogens is 1. The summed E-state index contributed by atoms with van der Waals surface area (Å²) in [6.45, 7) is 0. The maximum absolute atomic E-state index is 12.8. The van der Waals surface area contributed by atoms with E-state index in [2.05, 4.69) is 15.9 Å². The van der Waals surface area contributed by atoms with Crippen LogP contribution in [0.3, 0.4) is 0 Å². The number of benzene rings is 3. The summed E-state index contributed by atoms with van der Waals surface area (Å²) in [5, 5.41) is 0. The van der Waals surface area contributed by atoms with E-state index in [1.54, 1.807) is 48.5 Å². The van der Waals surface area contributed by atoms with Gasteiger partial charge in [0.25, 0.3) is 0 Å². The minimum absolute atomic E-state index is 0.135. The molecular formula is C26H23BrO7. The van der Waals surface area contributed by atoms with Gasteiger partial charge in [-0.3, -0.25) is 4.79 Å². The second kappa shape index (κ2) is 11.4. The Kier molecular flexibility index (Phi) is 8.32. The van der Waals surface area contributed by atoms with Crippen molar-refractivity contribution in [2.24, 2.45) is 0 Å². The number of carbonyl (C=O) groups excluding carboxylic acids is 2. The molecule has 0 bridgehead atoms. The highest BCUT2D eigenvalue weighted by molar-refractivity contribution is 9.10. The molecule has 8 heteroatoms. The van der Waals surface area contributed by atoms with Crippen molar-refractivity contribution in [1.82, 2.24) is 0 Å². The molecule has 0 fully saturated rings. The van der Waals surface area contributed by atoms with Crippen molar-refractivity contribution in [2.75, 3.05) is 28.4 Å². The number of hydrogen-bond acceptors (Lipinski definition) is 7. The van der Waals surface area contributed by atoms with Crippen LogP contribution < -0.4 is 23.7 Å². The van der Waals surface area contributed by atoms with Crippen molar-refractivity contribution >= 4 is 33.8 Å². The smallest absolute Gasteiger partial charge is 0.343 e. The molecule has 3 aromatic carbocycles. The molecule has 0 aliphatic rings. The molecule has 7 nitrogen and oxygen atoms in total. The fourth-order valence-electron chi connectivity index (χ4n) is 3.11. The number of esters is 1. The molecule has 0 atom stereocenters. The number of allylic oxidation sites excluding steroid dienone is 1. The van der Waals surface area contributed by atoms with E-state index in [9.17, 15) is 9.59 Å². The van der Waals surface area contributed by atoms with E-state index < -0.39 is 5.97 Å². The number of hydrogen-bond donors (Lipinski definition) is 0. The maximum atomic E-state index is 12.8. The zero-order valence-corrected chi connectivity index (χ0v) is 20.7. The molecule has 0 heterocycles. The van der Waals surface area contributed by atoms with Crippen molar-refractivity contribution < 1.29 is 33.3 Å². The van der Waals surface area contributed by atoms with E-state index in [0.29, 0.717) is 34.1 Å². The molecule has 0 radical (unpaired) electrons. The molecular weight excluding hydrogens is 504 g/mol. The fraction of sp³-hybridized carbons (Fsp3) is 0.154. The molecule has 0 N–H and O–H groups in total. The van der Waals surface area contributed by atoms with Gasteiger partial charge >= 0.3 is 5.97 Å². The molecule has 0 aliphatic carbocycles. The second-order valence-corrected chi connectivity index (χ2v) is 7.83. The monoisotopic (exact) mass is 526 g/mol. The first-order chi connectivity index (χ1) is 16.4. The first-order valence-corrected chi connectivity index (χ1v) is 10.9. The Morgan fingerprint density at radius 2 is 1.32 bits per heavy atom. The summed E-state index contributed by atoms with van der Waals surface area (Å²) < 4.78 is 27.7. The molecule has 0 aromatic heterocycles. The molecule has 0 aliphatic heterocycles. The van der Waals surface area contributed by atoms with Gasteiger partial charge in [0, 0.05) is 10.0 Å². The Morgan fingerprint density at radius 3 is 1.88 bits per heavy atom. The molecule has 3 rings (SSSR count).